The minimum Gasteiger partial charge on any atom is -0.349 e. The van der Waals surface area contributed by atoms with E-state index >= 15 is 0 Å². The second-order valence-electron chi connectivity index (χ2n) is 8.69. The molecule has 1 saturated heterocycles. The van der Waals surface area contributed by atoms with Crippen molar-refractivity contribution in [1.82, 2.24) is 15.3 Å². The van der Waals surface area contributed by atoms with Crippen LogP contribution in [0.25, 0.3) is 10.9 Å². The molecule has 1 aromatic heterocycles. The first kappa shape index (κ1) is 19.0. The van der Waals surface area contributed by atoms with Gasteiger partial charge in [-0.2, -0.15) is 0 Å². The van der Waals surface area contributed by atoms with Crippen molar-refractivity contribution in [3.63, 3.8) is 0 Å². The number of aryl methyl sites for hydroxylation is 3. The number of carbonyl (C=O) groups is 1. The van der Waals surface area contributed by atoms with Crippen LogP contribution in [-0.4, -0.2) is 29.0 Å². The molecule has 0 spiro atoms. The van der Waals surface area contributed by atoms with E-state index in [9.17, 15) is 4.79 Å². The van der Waals surface area contributed by atoms with Crippen LogP contribution in [0.3, 0.4) is 0 Å². The second kappa shape index (κ2) is 7.71. The Morgan fingerprint density at radius 2 is 1.83 bits per heavy atom. The highest BCUT2D eigenvalue weighted by Crippen LogP contribution is 2.32. The highest BCUT2D eigenvalue weighted by Gasteiger charge is 2.30. The van der Waals surface area contributed by atoms with Crippen LogP contribution in [-0.2, 0) is 11.2 Å². The molecule has 1 fully saturated rings. The van der Waals surface area contributed by atoms with Crippen molar-refractivity contribution in [2.75, 3.05) is 18.0 Å². The van der Waals surface area contributed by atoms with Crippen molar-refractivity contribution in [3.8, 4) is 0 Å². The third-order valence-electron chi connectivity index (χ3n) is 6.63. The molecule has 1 amide bonds. The molecule has 5 rings (SSSR count). The van der Waals surface area contributed by atoms with Crippen LogP contribution in [0, 0.1) is 19.8 Å². The maximum atomic E-state index is 12.9. The summed E-state index contributed by atoms with van der Waals surface area (Å²) in [5.41, 5.74) is 5.88. The number of anilines is 1. The Balaban J connectivity index is 1.24. The molecule has 1 atom stereocenters. The summed E-state index contributed by atoms with van der Waals surface area (Å²) >= 11 is 0. The van der Waals surface area contributed by atoms with E-state index in [1.165, 1.54) is 16.7 Å². The Morgan fingerprint density at radius 3 is 2.67 bits per heavy atom. The van der Waals surface area contributed by atoms with Gasteiger partial charge >= 0.3 is 0 Å². The molecule has 5 nitrogen and oxygen atoms in total. The lowest BCUT2D eigenvalue weighted by Gasteiger charge is -2.32. The van der Waals surface area contributed by atoms with Crippen LogP contribution < -0.4 is 10.2 Å². The SMILES string of the molecule is Cc1ccc2nc(N3CCC(C(=O)N[C@@H]4CCc5ccccc54)CC3)nc(C)c2c1. The van der Waals surface area contributed by atoms with E-state index < -0.39 is 0 Å². The maximum Gasteiger partial charge on any atom is 0.226 e. The predicted octanol–water partition coefficient (Wildman–Crippen LogP) is 4.27. The largest absolute Gasteiger partial charge is 0.349 e. The molecule has 0 radical (unpaired) electrons. The highest BCUT2D eigenvalue weighted by atomic mass is 16.2. The normalized spacial score (nSPS) is 19.1. The van der Waals surface area contributed by atoms with Gasteiger partial charge in [0.2, 0.25) is 11.9 Å². The number of piperidine rings is 1. The maximum absolute atomic E-state index is 12.9. The van der Waals surface area contributed by atoms with Gasteiger partial charge in [0.05, 0.1) is 17.3 Å². The summed E-state index contributed by atoms with van der Waals surface area (Å²) < 4.78 is 0. The van der Waals surface area contributed by atoms with Crippen molar-refractivity contribution in [2.24, 2.45) is 5.92 Å². The molecule has 1 aliphatic carbocycles. The van der Waals surface area contributed by atoms with E-state index in [1.54, 1.807) is 0 Å². The fourth-order valence-electron chi connectivity index (χ4n) is 4.86. The topological polar surface area (TPSA) is 58.1 Å². The zero-order valence-corrected chi connectivity index (χ0v) is 17.7. The van der Waals surface area contributed by atoms with Crippen LogP contribution in [0.5, 0.6) is 0 Å². The van der Waals surface area contributed by atoms with Gasteiger partial charge < -0.3 is 10.2 Å². The molecular weight excluding hydrogens is 372 g/mol. The molecule has 2 heterocycles. The van der Waals surface area contributed by atoms with Crippen LogP contribution >= 0.6 is 0 Å². The predicted molar refractivity (Wildman–Crippen MR) is 120 cm³/mol. The molecule has 2 aromatic carbocycles. The third kappa shape index (κ3) is 3.53. The van der Waals surface area contributed by atoms with Gasteiger partial charge in [0.25, 0.3) is 0 Å². The van der Waals surface area contributed by atoms with E-state index in [-0.39, 0.29) is 17.9 Å². The number of carbonyl (C=O) groups excluding carboxylic acids is 1. The van der Waals surface area contributed by atoms with E-state index in [0.717, 1.165) is 61.3 Å². The first-order valence-corrected chi connectivity index (χ1v) is 11.0. The Bertz CT molecular complexity index is 1100. The minimum atomic E-state index is 0.0678. The number of aromatic nitrogens is 2. The Kier molecular flexibility index (Phi) is 4.89. The van der Waals surface area contributed by atoms with Gasteiger partial charge in [-0.1, -0.05) is 35.9 Å². The zero-order chi connectivity index (χ0) is 20.7. The second-order valence-corrected chi connectivity index (χ2v) is 8.69. The summed E-state index contributed by atoms with van der Waals surface area (Å²) in [6, 6.07) is 14.9. The molecule has 154 valence electrons. The van der Waals surface area contributed by atoms with Crippen molar-refractivity contribution in [1.29, 1.82) is 0 Å². The lowest BCUT2D eigenvalue weighted by molar-refractivity contribution is -0.126. The first-order chi connectivity index (χ1) is 14.6. The molecule has 2 aliphatic rings. The average molecular weight is 401 g/mol. The van der Waals surface area contributed by atoms with Crippen molar-refractivity contribution >= 4 is 22.8 Å². The Hall–Kier alpha value is -2.95. The summed E-state index contributed by atoms with van der Waals surface area (Å²) in [5.74, 6) is 1.05. The molecule has 0 bridgehead atoms. The van der Waals surface area contributed by atoms with Crippen LogP contribution in [0.1, 0.15) is 47.7 Å². The minimum absolute atomic E-state index is 0.0678. The van der Waals surface area contributed by atoms with Gasteiger partial charge in [-0.3, -0.25) is 4.79 Å². The average Bonchev–Trinajstić information content (AvgIpc) is 3.17. The van der Waals surface area contributed by atoms with Gasteiger partial charge in [-0.25, -0.2) is 9.97 Å². The van der Waals surface area contributed by atoms with E-state index in [2.05, 4.69) is 59.6 Å². The lowest BCUT2D eigenvalue weighted by Crippen LogP contribution is -2.42. The van der Waals surface area contributed by atoms with Gasteiger partial charge in [0.15, 0.2) is 0 Å². The van der Waals surface area contributed by atoms with Gasteiger partial charge in [0, 0.05) is 24.4 Å². The van der Waals surface area contributed by atoms with Crippen LogP contribution in [0.4, 0.5) is 5.95 Å². The van der Waals surface area contributed by atoms with Crippen LogP contribution in [0.15, 0.2) is 42.5 Å². The monoisotopic (exact) mass is 400 g/mol. The number of hydrogen-bond donors (Lipinski definition) is 1. The molecule has 3 aromatic rings. The first-order valence-electron chi connectivity index (χ1n) is 11.0. The smallest absolute Gasteiger partial charge is 0.226 e. The number of fused-ring (bicyclic) bond motifs is 2. The van der Waals surface area contributed by atoms with Crippen LogP contribution in [0.2, 0.25) is 0 Å². The number of benzene rings is 2. The van der Waals surface area contributed by atoms with Crippen molar-refractivity contribution in [3.05, 3.63) is 64.8 Å². The Morgan fingerprint density at radius 1 is 1.03 bits per heavy atom. The van der Waals surface area contributed by atoms with Gasteiger partial charge in [0.1, 0.15) is 0 Å². The molecule has 0 unspecified atom stereocenters. The summed E-state index contributed by atoms with van der Waals surface area (Å²) in [5, 5.41) is 4.42. The third-order valence-corrected chi connectivity index (χ3v) is 6.63. The van der Waals surface area contributed by atoms with Crippen molar-refractivity contribution < 1.29 is 4.79 Å². The van der Waals surface area contributed by atoms with E-state index in [4.69, 9.17) is 9.97 Å². The van der Waals surface area contributed by atoms with Gasteiger partial charge in [-0.05, 0) is 62.8 Å². The van der Waals surface area contributed by atoms with E-state index in [0.29, 0.717) is 0 Å². The quantitative estimate of drug-likeness (QED) is 0.713. The number of amides is 1. The zero-order valence-electron chi connectivity index (χ0n) is 17.7. The molecule has 30 heavy (non-hydrogen) atoms. The fourth-order valence-corrected chi connectivity index (χ4v) is 4.86. The number of nitrogens with one attached hydrogen (secondary N) is 1. The molecule has 5 heteroatoms. The summed E-state index contributed by atoms with van der Waals surface area (Å²) in [7, 11) is 0. The van der Waals surface area contributed by atoms with Gasteiger partial charge in [-0.15, -0.1) is 0 Å². The fraction of sp³-hybridized carbons (Fsp3) is 0.400. The standard InChI is InChI=1S/C25H28N4O/c1-16-7-9-23-21(15-16)17(2)26-25(28-23)29-13-11-19(12-14-29)24(30)27-22-10-8-18-5-3-4-6-20(18)22/h3-7,9,15,19,22H,8,10-14H2,1-2H3,(H,27,30)/t22-/m1/s1. The summed E-state index contributed by atoms with van der Waals surface area (Å²) in [6.07, 6.45) is 3.74. The van der Waals surface area contributed by atoms with Crippen molar-refractivity contribution in [2.45, 2.75) is 45.6 Å². The number of hydrogen-bond acceptors (Lipinski definition) is 4. The highest BCUT2D eigenvalue weighted by molar-refractivity contribution is 5.83. The molecule has 1 N–H and O–H groups in total. The molecule has 1 aliphatic heterocycles. The van der Waals surface area contributed by atoms with E-state index in [1.807, 2.05) is 6.92 Å². The summed E-state index contributed by atoms with van der Waals surface area (Å²) in [4.78, 5) is 24.7. The number of nitrogens with zero attached hydrogens (tertiary/aromatic N) is 3. The lowest BCUT2D eigenvalue weighted by atomic mass is 9.95. The Labute approximate surface area is 177 Å². The molecule has 0 saturated carbocycles. The summed E-state index contributed by atoms with van der Waals surface area (Å²) in [6.45, 7) is 5.77. The number of rotatable bonds is 3. The molecular formula is C25H28N4O.